The van der Waals surface area contributed by atoms with Gasteiger partial charge in [-0.25, -0.2) is 5.48 Å². The van der Waals surface area contributed by atoms with E-state index in [9.17, 15) is 18.0 Å². The Kier molecular flexibility index (Phi) is 9.61. The van der Waals surface area contributed by atoms with E-state index in [-0.39, 0.29) is 5.75 Å². The molecule has 0 aliphatic carbocycles. The lowest BCUT2D eigenvalue weighted by atomic mass is 9.92. The summed E-state index contributed by atoms with van der Waals surface area (Å²) in [6.07, 6.45) is -4.73. The summed E-state index contributed by atoms with van der Waals surface area (Å²) in [5.41, 5.74) is 1.82. The quantitative estimate of drug-likeness (QED) is 0.406. The molecule has 0 aliphatic rings. The van der Waals surface area contributed by atoms with Crippen LogP contribution in [0.2, 0.25) is 0 Å². The molecular weight excluding hydrogens is 401 g/mol. The highest BCUT2D eigenvalue weighted by atomic mass is 19.4. The van der Waals surface area contributed by atoms with E-state index in [1.165, 1.54) is 24.3 Å². The van der Waals surface area contributed by atoms with Gasteiger partial charge in [0.05, 0.1) is 5.41 Å². The van der Waals surface area contributed by atoms with Crippen LogP contribution in [0.15, 0.2) is 48.5 Å². The average Bonchev–Trinajstić information content (AvgIpc) is 2.70. The number of benzene rings is 2. The second-order valence-corrected chi connectivity index (χ2v) is 6.69. The lowest BCUT2D eigenvalue weighted by Crippen LogP contribution is -2.42. The minimum absolute atomic E-state index is 0.320. The van der Waals surface area contributed by atoms with Gasteiger partial charge in [-0.15, -0.1) is 13.2 Å². The van der Waals surface area contributed by atoms with Gasteiger partial charge >= 0.3 is 6.36 Å². The van der Waals surface area contributed by atoms with E-state index >= 15 is 0 Å². The van der Waals surface area contributed by atoms with Gasteiger partial charge in [-0.05, 0) is 55.8 Å². The van der Waals surface area contributed by atoms with Gasteiger partial charge in [-0.3, -0.25) is 10.0 Å². The minimum Gasteiger partial charge on any atom is -0.457 e. The molecular formula is C21H27F3N2O4. The zero-order chi connectivity index (χ0) is 22.8. The van der Waals surface area contributed by atoms with Gasteiger partial charge in [0, 0.05) is 13.1 Å². The highest BCUT2D eigenvalue weighted by Gasteiger charge is 2.31. The number of amides is 1. The number of hydrogen-bond donors (Lipinski definition) is 3. The standard InChI is InChI=1S/C19H21F3N2O4.C2H6/c1-18(2,17(25)24-26)12-23-11-13-3-5-14(6-4-13)27-15-7-9-16(10-8-15)28-19(20,21)22;1-2/h3-10,23,26H,11-12H2,1-2H3,(H,24,25);1-2H3. The molecule has 0 atom stereocenters. The highest BCUT2D eigenvalue weighted by molar-refractivity contribution is 5.80. The maximum Gasteiger partial charge on any atom is 0.573 e. The Morgan fingerprint density at radius 2 is 1.40 bits per heavy atom. The first-order valence-corrected chi connectivity index (χ1v) is 9.37. The van der Waals surface area contributed by atoms with E-state index in [1.54, 1.807) is 31.5 Å². The summed E-state index contributed by atoms with van der Waals surface area (Å²) in [6, 6.07) is 12.2. The number of carbonyl (C=O) groups is 1. The first-order valence-electron chi connectivity index (χ1n) is 9.37. The topological polar surface area (TPSA) is 79.8 Å². The molecule has 0 spiro atoms. The molecule has 2 rings (SSSR count). The molecule has 0 heterocycles. The fourth-order valence-electron chi connectivity index (χ4n) is 2.27. The molecule has 0 bridgehead atoms. The van der Waals surface area contributed by atoms with Crippen LogP contribution in [-0.4, -0.2) is 24.0 Å². The van der Waals surface area contributed by atoms with Gasteiger partial charge < -0.3 is 14.8 Å². The molecule has 2 aromatic rings. The second kappa shape index (κ2) is 11.4. The van der Waals surface area contributed by atoms with Gasteiger partial charge in [0.2, 0.25) is 5.91 Å². The third kappa shape index (κ3) is 8.71. The highest BCUT2D eigenvalue weighted by Crippen LogP contribution is 2.27. The molecule has 0 unspecified atom stereocenters. The molecule has 0 aromatic heterocycles. The number of alkyl halides is 3. The number of rotatable bonds is 8. The normalized spacial score (nSPS) is 11.2. The minimum atomic E-state index is -4.73. The Morgan fingerprint density at radius 3 is 1.87 bits per heavy atom. The van der Waals surface area contributed by atoms with Crippen LogP contribution >= 0.6 is 0 Å². The Labute approximate surface area is 174 Å². The van der Waals surface area contributed by atoms with Crippen molar-refractivity contribution in [2.24, 2.45) is 5.41 Å². The summed E-state index contributed by atoms with van der Waals surface area (Å²) in [7, 11) is 0. The van der Waals surface area contributed by atoms with Crippen molar-refractivity contribution in [2.75, 3.05) is 6.54 Å². The first-order chi connectivity index (χ1) is 14.1. The van der Waals surface area contributed by atoms with Gasteiger partial charge in [0.25, 0.3) is 0 Å². The predicted octanol–water partition coefficient (Wildman–Crippen LogP) is 5.02. The molecule has 0 aliphatic heterocycles. The maximum atomic E-state index is 12.1. The Morgan fingerprint density at radius 1 is 0.933 bits per heavy atom. The third-order valence-corrected chi connectivity index (χ3v) is 3.83. The predicted molar refractivity (Wildman–Crippen MR) is 106 cm³/mol. The Bertz CT molecular complexity index is 776. The van der Waals surface area contributed by atoms with Crippen molar-refractivity contribution in [1.82, 2.24) is 10.8 Å². The van der Waals surface area contributed by atoms with E-state index in [1.807, 2.05) is 26.0 Å². The van der Waals surface area contributed by atoms with Crippen LogP contribution in [0.5, 0.6) is 17.2 Å². The summed E-state index contributed by atoms with van der Waals surface area (Å²) in [6.45, 7) is 8.27. The average molecular weight is 428 g/mol. The van der Waals surface area contributed by atoms with Crippen molar-refractivity contribution in [3.05, 3.63) is 54.1 Å². The Hall–Kier alpha value is -2.78. The zero-order valence-corrected chi connectivity index (χ0v) is 17.3. The molecule has 3 N–H and O–H groups in total. The molecule has 30 heavy (non-hydrogen) atoms. The van der Waals surface area contributed by atoms with Crippen molar-refractivity contribution in [3.8, 4) is 17.2 Å². The van der Waals surface area contributed by atoms with E-state index in [4.69, 9.17) is 9.94 Å². The second-order valence-electron chi connectivity index (χ2n) is 6.69. The largest absolute Gasteiger partial charge is 0.573 e. The SMILES string of the molecule is CC.CC(C)(CNCc1ccc(Oc2ccc(OC(F)(F)F)cc2)cc1)C(=O)NO. The van der Waals surface area contributed by atoms with E-state index in [2.05, 4.69) is 10.1 Å². The van der Waals surface area contributed by atoms with Crippen LogP contribution in [0, 0.1) is 5.41 Å². The maximum absolute atomic E-state index is 12.1. The van der Waals surface area contributed by atoms with Crippen LogP contribution in [0.1, 0.15) is 33.3 Å². The molecule has 0 fully saturated rings. The fourth-order valence-corrected chi connectivity index (χ4v) is 2.27. The van der Waals surface area contributed by atoms with Crippen LogP contribution in [-0.2, 0) is 11.3 Å². The van der Waals surface area contributed by atoms with E-state index in [0.29, 0.717) is 24.6 Å². The number of halogens is 3. The van der Waals surface area contributed by atoms with Crippen molar-refractivity contribution in [2.45, 2.75) is 40.6 Å². The van der Waals surface area contributed by atoms with Gasteiger partial charge in [-0.2, -0.15) is 0 Å². The summed E-state index contributed by atoms with van der Waals surface area (Å²) in [5, 5.41) is 11.8. The molecule has 6 nitrogen and oxygen atoms in total. The number of hydrogen-bond acceptors (Lipinski definition) is 5. The number of ether oxygens (including phenoxy) is 2. The lowest BCUT2D eigenvalue weighted by molar-refractivity contribution is -0.274. The van der Waals surface area contributed by atoms with Crippen molar-refractivity contribution in [3.63, 3.8) is 0 Å². The molecule has 166 valence electrons. The molecule has 1 amide bonds. The number of carbonyl (C=O) groups excluding carboxylic acids is 1. The monoisotopic (exact) mass is 428 g/mol. The zero-order valence-electron chi connectivity index (χ0n) is 17.3. The van der Waals surface area contributed by atoms with Crippen molar-refractivity contribution in [1.29, 1.82) is 0 Å². The van der Waals surface area contributed by atoms with Crippen LogP contribution in [0.4, 0.5) is 13.2 Å². The molecule has 9 heteroatoms. The lowest BCUT2D eigenvalue weighted by Gasteiger charge is -2.22. The van der Waals surface area contributed by atoms with Gasteiger partial charge in [-0.1, -0.05) is 26.0 Å². The number of nitrogens with one attached hydrogen (secondary N) is 2. The first kappa shape index (κ1) is 25.3. The summed E-state index contributed by atoms with van der Waals surface area (Å²) in [5.74, 6) is 0.0971. The van der Waals surface area contributed by atoms with Crippen LogP contribution < -0.4 is 20.3 Å². The molecule has 2 aromatic carbocycles. The van der Waals surface area contributed by atoms with Crippen LogP contribution in [0.25, 0.3) is 0 Å². The number of hydroxylamine groups is 1. The van der Waals surface area contributed by atoms with Gasteiger partial charge in [0.15, 0.2) is 0 Å². The van der Waals surface area contributed by atoms with Crippen molar-refractivity contribution < 1.29 is 32.6 Å². The van der Waals surface area contributed by atoms with E-state index in [0.717, 1.165) is 5.56 Å². The fraction of sp³-hybridized carbons (Fsp3) is 0.381. The molecule has 0 saturated heterocycles. The van der Waals surface area contributed by atoms with Crippen molar-refractivity contribution >= 4 is 5.91 Å². The third-order valence-electron chi connectivity index (χ3n) is 3.83. The molecule has 0 saturated carbocycles. The Balaban J connectivity index is 0.00000218. The summed E-state index contributed by atoms with van der Waals surface area (Å²) >= 11 is 0. The summed E-state index contributed by atoms with van der Waals surface area (Å²) in [4.78, 5) is 11.5. The summed E-state index contributed by atoms with van der Waals surface area (Å²) < 4.78 is 45.8. The van der Waals surface area contributed by atoms with Crippen LogP contribution in [0.3, 0.4) is 0 Å². The van der Waals surface area contributed by atoms with E-state index < -0.39 is 17.7 Å². The smallest absolute Gasteiger partial charge is 0.457 e. The van der Waals surface area contributed by atoms with Gasteiger partial charge in [0.1, 0.15) is 17.2 Å². The molecule has 0 radical (unpaired) electrons.